The van der Waals surface area contributed by atoms with Gasteiger partial charge in [0.2, 0.25) is 11.8 Å². The van der Waals surface area contributed by atoms with Crippen molar-refractivity contribution in [1.82, 2.24) is 15.2 Å². The van der Waals surface area contributed by atoms with Gasteiger partial charge in [0.25, 0.3) is 5.91 Å². The molecule has 1 aromatic carbocycles. The van der Waals surface area contributed by atoms with Crippen molar-refractivity contribution >= 4 is 23.5 Å². The molecule has 3 N–H and O–H groups in total. The molecule has 2 aromatic rings. The van der Waals surface area contributed by atoms with Gasteiger partial charge < -0.3 is 10.6 Å². The molecule has 8 nitrogen and oxygen atoms in total. The average molecular weight is 389 g/mol. The minimum atomic E-state index is -0.651. The number of carbonyl (C=O) groups excluding carboxylic acids is 3. The van der Waals surface area contributed by atoms with Crippen LogP contribution < -0.4 is 11.1 Å². The number of rotatable bonds is 2. The van der Waals surface area contributed by atoms with Crippen molar-refractivity contribution in [3.05, 3.63) is 46.0 Å². The van der Waals surface area contributed by atoms with Gasteiger partial charge in [0.05, 0.1) is 11.3 Å². The van der Waals surface area contributed by atoms with Gasteiger partial charge in [-0.1, -0.05) is 0 Å². The van der Waals surface area contributed by atoms with Crippen LogP contribution in [0.5, 0.6) is 0 Å². The van der Waals surface area contributed by atoms with E-state index in [0.717, 1.165) is 22.3 Å². The van der Waals surface area contributed by atoms with Crippen LogP contribution in [0.15, 0.2) is 18.2 Å². The summed E-state index contributed by atoms with van der Waals surface area (Å²) >= 11 is 0. The Labute approximate surface area is 167 Å². The first-order chi connectivity index (χ1) is 13.8. The number of pyridine rings is 1. The Hall–Kier alpha value is -3.73. The summed E-state index contributed by atoms with van der Waals surface area (Å²) in [6, 6.07) is 6.89. The molecule has 3 heterocycles. The van der Waals surface area contributed by atoms with E-state index < -0.39 is 11.9 Å². The van der Waals surface area contributed by atoms with E-state index in [1.165, 1.54) is 4.90 Å². The molecule has 0 radical (unpaired) electrons. The lowest BCUT2D eigenvalue weighted by molar-refractivity contribution is -0.136. The summed E-state index contributed by atoms with van der Waals surface area (Å²) in [5.41, 5.74) is 10.7. The number of fused-ring (bicyclic) bond motifs is 1. The molecule has 0 saturated carbocycles. The van der Waals surface area contributed by atoms with Gasteiger partial charge in [0.15, 0.2) is 0 Å². The maximum absolute atomic E-state index is 12.9. The molecule has 2 aliphatic heterocycles. The lowest BCUT2D eigenvalue weighted by Crippen LogP contribution is -2.52. The normalized spacial score (nSPS) is 18.4. The minimum absolute atomic E-state index is 0.170. The quantitative estimate of drug-likeness (QED) is 0.750. The van der Waals surface area contributed by atoms with E-state index in [9.17, 15) is 19.6 Å². The Bertz CT molecular complexity index is 1110. The zero-order valence-corrected chi connectivity index (χ0v) is 16.1. The van der Waals surface area contributed by atoms with E-state index in [1.807, 2.05) is 13.0 Å². The van der Waals surface area contributed by atoms with E-state index in [0.29, 0.717) is 29.8 Å². The number of carbonyl (C=O) groups is 3. The highest BCUT2D eigenvalue weighted by molar-refractivity contribution is 6.05. The number of nitrogens with two attached hydrogens (primary N) is 1. The predicted octanol–water partition coefficient (Wildman–Crippen LogP) is 1.58. The SMILES string of the molecule is Cc1cc2c(cc1-c1cc(C)c(C#N)c(N)n1)CN(C1CCC(=O)NC1=O)C2=O. The second kappa shape index (κ2) is 6.71. The third kappa shape index (κ3) is 3.01. The number of anilines is 1. The van der Waals surface area contributed by atoms with Crippen LogP contribution in [0.2, 0.25) is 0 Å². The Kier molecular flexibility index (Phi) is 4.31. The van der Waals surface area contributed by atoms with Crippen LogP contribution in [-0.2, 0) is 16.1 Å². The third-order valence-electron chi connectivity index (χ3n) is 5.50. The Balaban J connectivity index is 1.71. The smallest absolute Gasteiger partial charge is 0.255 e. The van der Waals surface area contributed by atoms with Gasteiger partial charge in [-0.05, 0) is 55.2 Å². The van der Waals surface area contributed by atoms with Crippen LogP contribution in [0.25, 0.3) is 11.3 Å². The summed E-state index contributed by atoms with van der Waals surface area (Å²) in [5.74, 6) is -0.791. The molecule has 1 atom stereocenters. The van der Waals surface area contributed by atoms with Crippen molar-refractivity contribution < 1.29 is 14.4 Å². The first-order valence-corrected chi connectivity index (χ1v) is 9.26. The molecule has 4 rings (SSSR count). The summed E-state index contributed by atoms with van der Waals surface area (Å²) in [4.78, 5) is 42.4. The van der Waals surface area contributed by atoms with Gasteiger partial charge in [0, 0.05) is 24.1 Å². The second-order valence-corrected chi connectivity index (χ2v) is 7.42. The maximum Gasteiger partial charge on any atom is 0.255 e. The molecule has 1 unspecified atom stereocenters. The summed E-state index contributed by atoms with van der Waals surface area (Å²) in [5, 5.41) is 11.5. The summed E-state index contributed by atoms with van der Waals surface area (Å²) in [7, 11) is 0. The number of imide groups is 1. The lowest BCUT2D eigenvalue weighted by Gasteiger charge is -2.29. The van der Waals surface area contributed by atoms with Gasteiger partial charge in [0.1, 0.15) is 17.9 Å². The summed E-state index contributed by atoms with van der Waals surface area (Å²) < 4.78 is 0. The number of nitrogen functional groups attached to an aromatic ring is 1. The number of benzene rings is 1. The minimum Gasteiger partial charge on any atom is -0.383 e. The van der Waals surface area contributed by atoms with Crippen molar-refractivity contribution in [3.63, 3.8) is 0 Å². The first kappa shape index (κ1) is 18.6. The number of nitrogens with one attached hydrogen (secondary N) is 1. The monoisotopic (exact) mass is 389 g/mol. The number of hydrogen-bond acceptors (Lipinski definition) is 6. The van der Waals surface area contributed by atoms with E-state index in [1.54, 1.807) is 19.1 Å². The molecule has 146 valence electrons. The van der Waals surface area contributed by atoms with Crippen LogP contribution in [0.3, 0.4) is 0 Å². The first-order valence-electron chi connectivity index (χ1n) is 9.26. The molecule has 2 aliphatic rings. The number of aromatic nitrogens is 1. The zero-order valence-electron chi connectivity index (χ0n) is 16.1. The van der Waals surface area contributed by atoms with Crippen molar-refractivity contribution in [3.8, 4) is 17.3 Å². The van der Waals surface area contributed by atoms with Crippen LogP contribution in [-0.4, -0.2) is 33.6 Å². The van der Waals surface area contributed by atoms with E-state index >= 15 is 0 Å². The predicted molar refractivity (Wildman–Crippen MR) is 104 cm³/mol. The molecule has 0 bridgehead atoms. The van der Waals surface area contributed by atoms with Crippen molar-refractivity contribution in [2.24, 2.45) is 0 Å². The highest BCUT2D eigenvalue weighted by Crippen LogP contribution is 2.34. The highest BCUT2D eigenvalue weighted by Gasteiger charge is 2.39. The molecule has 1 fully saturated rings. The van der Waals surface area contributed by atoms with E-state index in [-0.39, 0.29) is 24.1 Å². The fourth-order valence-corrected chi connectivity index (χ4v) is 3.98. The fraction of sp³-hybridized carbons (Fsp3) is 0.286. The number of nitrogens with zero attached hydrogens (tertiary/aromatic N) is 3. The maximum atomic E-state index is 12.9. The zero-order chi connectivity index (χ0) is 20.9. The van der Waals surface area contributed by atoms with Gasteiger partial charge in [-0.25, -0.2) is 4.98 Å². The summed E-state index contributed by atoms with van der Waals surface area (Å²) in [6.07, 6.45) is 0.539. The lowest BCUT2D eigenvalue weighted by atomic mass is 9.97. The average Bonchev–Trinajstić information content (AvgIpc) is 2.96. The molecule has 1 aromatic heterocycles. The molecule has 0 spiro atoms. The van der Waals surface area contributed by atoms with Crippen LogP contribution in [0.4, 0.5) is 5.82 Å². The number of hydrogen-bond donors (Lipinski definition) is 2. The van der Waals surface area contributed by atoms with Gasteiger partial charge >= 0.3 is 0 Å². The number of piperidine rings is 1. The molecular weight excluding hydrogens is 370 g/mol. The fourth-order valence-electron chi connectivity index (χ4n) is 3.98. The Morgan fingerprint density at radius 3 is 2.59 bits per heavy atom. The third-order valence-corrected chi connectivity index (χ3v) is 5.50. The van der Waals surface area contributed by atoms with Gasteiger partial charge in [-0.3, -0.25) is 19.7 Å². The summed E-state index contributed by atoms with van der Waals surface area (Å²) in [6.45, 7) is 3.97. The van der Waals surface area contributed by atoms with Crippen molar-refractivity contribution in [2.75, 3.05) is 5.73 Å². The van der Waals surface area contributed by atoms with E-state index in [2.05, 4.69) is 16.4 Å². The molecular formula is C21H19N5O3. The largest absolute Gasteiger partial charge is 0.383 e. The standard InChI is InChI=1S/C21H19N5O3/c1-10-5-14-12(7-13(10)16-6-11(2)15(8-22)19(23)24-16)9-26(21(14)29)17-3-4-18(27)25-20(17)28/h5-7,17H,3-4,9H2,1-2H3,(H2,23,24)(H,25,27,28). The van der Waals surface area contributed by atoms with Crippen molar-refractivity contribution in [2.45, 2.75) is 39.3 Å². The highest BCUT2D eigenvalue weighted by atomic mass is 16.2. The van der Waals surface area contributed by atoms with Gasteiger partial charge in [-0.15, -0.1) is 0 Å². The van der Waals surface area contributed by atoms with Crippen LogP contribution >= 0.6 is 0 Å². The molecule has 3 amide bonds. The van der Waals surface area contributed by atoms with Crippen molar-refractivity contribution in [1.29, 1.82) is 5.26 Å². The molecule has 8 heteroatoms. The van der Waals surface area contributed by atoms with Crippen LogP contribution in [0, 0.1) is 25.2 Å². The number of aryl methyl sites for hydroxylation is 2. The molecule has 0 aliphatic carbocycles. The Morgan fingerprint density at radius 2 is 1.93 bits per heavy atom. The molecule has 29 heavy (non-hydrogen) atoms. The van der Waals surface area contributed by atoms with Gasteiger partial charge in [-0.2, -0.15) is 5.26 Å². The second-order valence-electron chi connectivity index (χ2n) is 7.42. The van der Waals surface area contributed by atoms with E-state index in [4.69, 9.17) is 5.73 Å². The Morgan fingerprint density at radius 1 is 1.17 bits per heavy atom. The van der Waals surface area contributed by atoms with Crippen LogP contribution in [0.1, 0.15) is 45.5 Å². The molecule has 1 saturated heterocycles. The topological polar surface area (TPSA) is 129 Å². The number of nitriles is 1. The number of amides is 3.